The highest BCUT2D eigenvalue weighted by Gasteiger charge is 2.12. The molecule has 2 N–H and O–H groups in total. The van der Waals surface area contributed by atoms with E-state index < -0.39 is 0 Å². The van der Waals surface area contributed by atoms with Gasteiger partial charge < -0.3 is 10.6 Å². The number of aromatic nitrogens is 2. The van der Waals surface area contributed by atoms with Crippen molar-refractivity contribution in [3.05, 3.63) is 29.8 Å². The molecule has 24 heavy (non-hydrogen) atoms. The van der Waals surface area contributed by atoms with E-state index >= 15 is 0 Å². The van der Waals surface area contributed by atoms with Crippen LogP contribution in [0.1, 0.15) is 45.6 Å². The first-order valence-electron chi connectivity index (χ1n) is 8.11. The third-order valence-corrected chi connectivity index (χ3v) is 5.51. The van der Waals surface area contributed by atoms with Crippen LogP contribution in [0.2, 0.25) is 0 Å². The van der Waals surface area contributed by atoms with Gasteiger partial charge in [0.15, 0.2) is 4.34 Å². The summed E-state index contributed by atoms with van der Waals surface area (Å²) in [6.45, 7) is 8.42. The Hall–Kier alpha value is -1.60. The van der Waals surface area contributed by atoms with Crippen LogP contribution >= 0.6 is 23.1 Å². The lowest BCUT2D eigenvalue weighted by molar-refractivity contribution is -0.113. The van der Waals surface area contributed by atoms with Gasteiger partial charge in [0.2, 0.25) is 11.0 Å². The van der Waals surface area contributed by atoms with Gasteiger partial charge in [-0.1, -0.05) is 55.1 Å². The molecule has 5 nitrogen and oxygen atoms in total. The van der Waals surface area contributed by atoms with Crippen molar-refractivity contribution in [1.82, 2.24) is 10.2 Å². The van der Waals surface area contributed by atoms with Crippen LogP contribution < -0.4 is 10.6 Å². The number of para-hydroxylation sites is 1. The number of carbonyl (C=O) groups is 1. The summed E-state index contributed by atoms with van der Waals surface area (Å²) in [7, 11) is 0. The number of hydrogen-bond acceptors (Lipinski definition) is 6. The molecular formula is C17H24N4OS2. The fraction of sp³-hybridized carbons (Fsp3) is 0.471. The zero-order valence-corrected chi connectivity index (χ0v) is 16.1. The Balaban J connectivity index is 1.91. The molecule has 0 spiro atoms. The summed E-state index contributed by atoms with van der Waals surface area (Å²) in [6, 6.07) is 8.31. The molecule has 2 aromatic rings. The molecule has 1 heterocycles. The zero-order valence-electron chi connectivity index (χ0n) is 14.5. The van der Waals surface area contributed by atoms with Gasteiger partial charge in [-0.05, 0) is 37.8 Å². The van der Waals surface area contributed by atoms with E-state index in [9.17, 15) is 4.79 Å². The maximum Gasteiger partial charge on any atom is 0.234 e. The van der Waals surface area contributed by atoms with Crippen LogP contribution in [0.15, 0.2) is 28.6 Å². The molecule has 130 valence electrons. The molecule has 0 fully saturated rings. The van der Waals surface area contributed by atoms with Crippen molar-refractivity contribution >= 4 is 39.8 Å². The average Bonchev–Trinajstić information content (AvgIpc) is 2.99. The second-order valence-corrected chi connectivity index (χ2v) is 8.11. The Morgan fingerprint density at radius 1 is 1.25 bits per heavy atom. The molecule has 1 atom stereocenters. The molecule has 0 aliphatic carbocycles. The van der Waals surface area contributed by atoms with Crippen molar-refractivity contribution in [3.63, 3.8) is 0 Å². The minimum absolute atomic E-state index is 0.0238. The quantitative estimate of drug-likeness (QED) is 0.670. The van der Waals surface area contributed by atoms with E-state index in [1.54, 1.807) is 0 Å². The van der Waals surface area contributed by atoms with Crippen LogP contribution in [-0.4, -0.2) is 27.9 Å². The van der Waals surface area contributed by atoms with Gasteiger partial charge in [-0.2, -0.15) is 0 Å². The molecule has 7 heteroatoms. The number of amides is 1. The summed E-state index contributed by atoms with van der Waals surface area (Å²) >= 11 is 2.88. The molecule has 1 amide bonds. The van der Waals surface area contributed by atoms with Crippen molar-refractivity contribution in [2.24, 2.45) is 0 Å². The fourth-order valence-corrected chi connectivity index (χ4v) is 3.85. The largest absolute Gasteiger partial charge is 0.358 e. The number of nitrogens with one attached hydrogen (secondary N) is 2. The smallest absolute Gasteiger partial charge is 0.234 e. The Labute approximate surface area is 151 Å². The standard InChI is InChI=1S/C17H24N4OS2/c1-5-12(4)13-8-6-7-9-14(13)19-15(22)10-23-17-21-20-16(24-17)18-11(2)3/h6-9,11-12H,5,10H2,1-4H3,(H,18,20)(H,19,22)/t12-/m1/s1. The maximum absolute atomic E-state index is 12.2. The monoisotopic (exact) mass is 364 g/mol. The summed E-state index contributed by atoms with van der Waals surface area (Å²) in [5.74, 6) is 0.719. The number of hydrogen-bond donors (Lipinski definition) is 2. The number of rotatable bonds is 8. The van der Waals surface area contributed by atoms with Gasteiger partial charge in [0.05, 0.1) is 5.75 Å². The highest BCUT2D eigenvalue weighted by Crippen LogP contribution is 2.28. The average molecular weight is 365 g/mol. The van der Waals surface area contributed by atoms with Gasteiger partial charge >= 0.3 is 0 Å². The first-order chi connectivity index (χ1) is 11.5. The van der Waals surface area contributed by atoms with Crippen molar-refractivity contribution in [2.75, 3.05) is 16.4 Å². The number of anilines is 2. The van der Waals surface area contributed by atoms with Crippen molar-refractivity contribution in [1.29, 1.82) is 0 Å². The summed E-state index contributed by atoms with van der Waals surface area (Å²) in [5.41, 5.74) is 2.08. The molecule has 0 saturated heterocycles. The van der Waals surface area contributed by atoms with Crippen LogP contribution in [0.25, 0.3) is 0 Å². The second-order valence-electron chi connectivity index (χ2n) is 5.91. The van der Waals surface area contributed by atoms with Gasteiger partial charge in [0, 0.05) is 11.7 Å². The Kier molecular flexibility index (Phi) is 7.05. The molecule has 0 unspecified atom stereocenters. The summed E-state index contributed by atoms with van der Waals surface area (Å²) < 4.78 is 0.795. The Bertz CT molecular complexity index is 672. The van der Waals surface area contributed by atoms with Gasteiger partial charge in [-0.25, -0.2) is 0 Å². The van der Waals surface area contributed by atoms with E-state index in [0.717, 1.165) is 21.6 Å². The summed E-state index contributed by atoms with van der Waals surface area (Å²) in [6.07, 6.45) is 1.04. The molecule has 0 radical (unpaired) electrons. The highest BCUT2D eigenvalue weighted by molar-refractivity contribution is 8.01. The van der Waals surface area contributed by atoms with E-state index in [4.69, 9.17) is 0 Å². The number of thioether (sulfide) groups is 1. The van der Waals surface area contributed by atoms with Crippen molar-refractivity contribution in [3.8, 4) is 0 Å². The highest BCUT2D eigenvalue weighted by atomic mass is 32.2. The molecule has 0 bridgehead atoms. The van der Waals surface area contributed by atoms with Crippen LogP contribution in [0, 0.1) is 0 Å². The topological polar surface area (TPSA) is 66.9 Å². The molecule has 0 saturated carbocycles. The molecule has 2 rings (SSSR count). The Morgan fingerprint density at radius 3 is 2.71 bits per heavy atom. The lowest BCUT2D eigenvalue weighted by Crippen LogP contribution is -2.15. The number of benzene rings is 1. The van der Waals surface area contributed by atoms with Gasteiger partial charge in [0.25, 0.3) is 0 Å². The van der Waals surface area contributed by atoms with Crippen LogP contribution in [0.3, 0.4) is 0 Å². The first kappa shape index (κ1) is 18.7. The molecule has 0 aliphatic rings. The van der Waals surface area contributed by atoms with Crippen LogP contribution in [0.5, 0.6) is 0 Å². The summed E-state index contributed by atoms with van der Waals surface area (Å²) in [5, 5.41) is 15.2. The SMILES string of the molecule is CC[C@@H](C)c1ccccc1NC(=O)CSc1nnc(NC(C)C)s1. The zero-order chi connectivity index (χ0) is 17.5. The third kappa shape index (κ3) is 5.49. The molecule has 0 aliphatic heterocycles. The molecular weight excluding hydrogens is 340 g/mol. The summed E-state index contributed by atoms with van der Waals surface area (Å²) in [4.78, 5) is 12.2. The van der Waals surface area contributed by atoms with E-state index in [1.165, 1.54) is 28.7 Å². The van der Waals surface area contributed by atoms with E-state index in [0.29, 0.717) is 17.7 Å². The minimum atomic E-state index is -0.0238. The lowest BCUT2D eigenvalue weighted by Gasteiger charge is -2.15. The normalized spacial score (nSPS) is 12.2. The maximum atomic E-state index is 12.2. The molecule has 1 aromatic heterocycles. The predicted molar refractivity (Wildman–Crippen MR) is 103 cm³/mol. The van der Waals surface area contributed by atoms with Gasteiger partial charge in [-0.15, -0.1) is 10.2 Å². The van der Waals surface area contributed by atoms with E-state index in [2.05, 4.69) is 54.6 Å². The molecule has 1 aromatic carbocycles. The minimum Gasteiger partial charge on any atom is -0.358 e. The van der Waals surface area contributed by atoms with Gasteiger partial charge in [-0.3, -0.25) is 4.79 Å². The van der Waals surface area contributed by atoms with Crippen LogP contribution in [-0.2, 0) is 4.79 Å². The third-order valence-electron chi connectivity index (χ3n) is 3.52. The second kappa shape index (κ2) is 9.03. The number of carbonyl (C=O) groups excluding carboxylic acids is 1. The lowest BCUT2D eigenvalue weighted by atomic mass is 9.97. The van der Waals surface area contributed by atoms with Gasteiger partial charge in [0.1, 0.15) is 0 Å². The van der Waals surface area contributed by atoms with E-state index in [-0.39, 0.29) is 5.91 Å². The van der Waals surface area contributed by atoms with Crippen molar-refractivity contribution in [2.45, 2.75) is 50.4 Å². The fourth-order valence-electron chi connectivity index (χ4n) is 2.15. The Morgan fingerprint density at radius 2 is 2.00 bits per heavy atom. The van der Waals surface area contributed by atoms with E-state index in [1.807, 2.05) is 18.2 Å². The predicted octanol–water partition coefficient (Wildman–Crippen LogP) is 4.60. The van der Waals surface area contributed by atoms with Crippen molar-refractivity contribution < 1.29 is 4.79 Å². The van der Waals surface area contributed by atoms with Crippen LogP contribution in [0.4, 0.5) is 10.8 Å². The number of nitrogens with zero attached hydrogens (tertiary/aromatic N) is 2. The first-order valence-corrected chi connectivity index (χ1v) is 9.91.